The molecule has 0 atom stereocenters. The average molecular weight is 270 g/mol. The number of amides is 1. The second kappa shape index (κ2) is 4.85. The molecule has 100 valence electrons. The normalized spacial score (nSPS) is 14.1. The number of Topliss-reactive ketones (excluding diaryl/α,β-unsaturated/α-hetero) is 1. The van der Waals surface area contributed by atoms with Gasteiger partial charge in [-0.25, -0.2) is 4.39 Å². The van der Waals surface area contributed by atoms with E-state index in [0.717, 1.165) is 12.3 Å². The number of rotatable bonds is 1. The van der Waals surface area contributed by atoms with E-state index in [0.29, 0.717) is 17.8 Å². The number of benzene rings is 1. The maximum Gasteiger partial charge on any atom is 0.259 e. The molecule has 0 saturated heterocycles. The van der Waals surface area contributed by atoms with E-state index in [1.54, 1.807) is 24.3 Å². The first-order valence-electron chi connectivity index (χ1n) is 6.21. The van der Waals surface area contributed by atoms with Crippen LogP contribution in [-0.2, 0) is 0 Å². The number of ketones is 1. The lowest BCUT2D eigenvalue weighted by molar-refractivity contribution is 0.0954. The number of para-hydroxylation sites is 1. The van der Waals surface area contributed by atoms with Crippen LogP contribution in [0.5, 0.6) is 0 Å². The van der Waals surface area contributed by atoms with E-state index >= 15 is 0 Å². The monoisotopic (exact) mass is 270 g/mol. The zero-order chi connectivity index (χ0) is 14.1. The van der Waals surface area contributed by atoms with Gasteiger partial charge in [-0.2, -0.15) is 0 Å². The van der Waals surface area contributed by atoms with Crippen molar-refractivity contribution in [1.82, 2.24) is 4.98 Å². The van der Waals surface area contributed by atoms with Gasteiger partial charge in [-0.3, -0.25) is 14.6 Å². The molecule has 1 aromatic carbocycles. The van der Waals surface area contributed by atoms with Crippen molar-refractivity contribution in [2.45, 2.75) is 6.42 Å². The van der Waals surface area contributed by atoms with E-state index in [-0.39, 0.29) is 23.7 Å². The molecule has 0 fully saturated rings. The van der Waals surface area contributed by atoms with Crippen molar-refractivity contribution in [2.75, 3.05) is 11.4 Å². The molecule has 2 heterocycles. The summed E-state index contributed by atoms with van der Waals surface area (Å²) in [5.74, 6) is -0.892. The molecule has 1 aliphatic rings. The van der Waals surface area contributed by atoms with Crippen molar-refractivity contribution < 1.29 is 14.0 Å². The molecule has 0 unspecified atom stereocenters. The van der Waals surface area contributed by atoms with Gasteiger partial charge in [0, 0.05) is 24.7 Å². The van der Waals surface area contributed by atoms with Crippen molar-refractivity contribution in [3.05, 3.63) is 59.7 Å². The van der Waals surface area contributed by atoms with Crippen LogP contribution < -0.4 is 4.90 Å². The molecule has 0 N–H and O–H groups in total. The zero-order valence-electron chi connectivity index (χ0n) is 10.5. The number of nitrogens with zero attached hydrogens (tertiary/aromatic N) is 2. The number of pyridine rings is 1. The lowest BCUT2D eigenvalue weighted by Crippen LogP contribution is -2.37. The minimum Gasteiger partial charge on any atom is -0.307 e. The van der Waals surface area contributed by atoms with Crippen molar-refractivity contribution in [3.8, 4) is 0 Å². The summed E-state index contributed by atoms with van der Waals surface area (Å²) >= 11 is 0. The summed E-state index contributed by atoms with van der Waals surface area (Å²) in [7, 11) is 0. The lowest BCUT2D eigenvalue weighted by Gasteiger charge is -2.28. The van der Waals surface area contributed by atoms with Crippen LogP contribution in [0.15, 0.2) is 42.7 Å². The Kier molecular flexibility index (Phi) is 3.02. The second-order valence-corrected chi connectivity index (χ2v) is 4.54. The maximum atomic E-state index is 13.2. The molecule has 5 heteroatoms. The fourth-order valence-electron chi connectivity index (χ4n) is 2.31. The smallest absolute Gasteiger partial charge is 0.259 e. The number of hydrogen-bond donors (Lipinski definition) is 0. The second-order valence-electron chi connectivity index (χ2n) is 4.54. The molecule has 0 radical (unpaired) electrons. The van der Waals surface area contributed by atoms with Gasteiger partial charge in [0.15, 0.2) is 5.78 Å². The first kappa shape index (κ1) is 12.5. The summed E-state index contributed by atoms with van der Waals surface area (Å²) in [6, 6.07) is 8.09. The number of fused-ring (bicyclic) bond motifs is 1. The van der Waals surface area contributed by atoms with Gasteiger partial charge < -0.3 is 4.90 Å². The number of carbonyl (C=O) groups excluding carboxylic acids is 2. The standard InChI is InChI=1S/C15H11FN2O2/c16-11-7-10(8-17-9-11)15(20)18-6-5-14(19)12-3-1-2-4-13(12)18/h1-4,7-9H,5-6H2. The molecule has 0 saturated carbocycles. The van der Waals surface area contributed by atoms with E-state index in [1.165, 1.54) is 11.1 Å². The molecule has 1 amide bonds. The van der Waals surface area contributed by atoms with Crippen molar-refractivity contribution in [3.63, 3.8) is 0 Å². The highest BCUT2D eigenvalue weighted by Gasteiger charge is 2.27. The average Bonchev–Trinajstić information content (AvgIpc) is 2.47. The maximum absolute atomic E-state index is 13.2. The van der Waals surface area contributed by atoms with E-state index in [4.69, 9.17) is 0 Å². The molecule has 3 rings (SSSR count). The molecular formula is C15H11FN2O2. The first-order chi connectivity index (χ1) is 9.66. The molecule has 1 aliphatic heterocycles. The predicted molar refractivity (Wildman–Crippen MR) is 71.3 cm³/mol. The topological polar surface area (TPSA) is 50.3 Å². The largest absolute Gasteiger partial charge is 0.307 e. The molecule has 20 heavy (non-hydrogen) atoms. The molecular weight excluding hydrogens is 259 g/mol. The van der Waals surface area contributed by atoms with Gasteiger partial charge in [0.1, 0.15) is 5.82 Å². The van der Waals surface area contributed by atoms with Gasteiger partial charge in [-0.05, 0) is 18.2 Å². The quantitative estimate of drug-likeness (QED) is 0.799. The first-order valence-corrected chi connectivity index (χ1v) is 6.21. The van der Waals surface area contributed by atoms with E-state index in [1.807, 2.05) is 0 Å². The van der Waals surface area contributed by atoms with Crippen molar-refractivity contribution in [1.29, 1.82) is 0 Å². The van der Waals surface area contributed by atoms with E-state index < -0.39 is 5.82 Å². The van der Waals surface area contributed by atoms with Crippen LogP contribution in [0.25, 0.3) is 0 Å². The molecule has 2 aromatic rings. The van der Waals surface area contributed by atoms with Crippen molar-refractivity contribution >= 4 is 17.4 Å². The van der Waals surface area contributed by atoms with E-state index in [9.17, 15) is 14.0 Å². The molecule has 0 aliphatic carbocycles. The molecule has 0 spiro atoms. The third-order valence-electron chi connectivity index (χ3n) is 3.25. The SMILES string of the molecule is O=C1CCN(C(=O)c2cncc(F)c2)c2ccccc21. The van der Waals surface area contributed by atoms with Crippen LogP contribution in [-0.4, -0.2) is 23.2 Å². The highest BCUT2D eigenvalue weighted by molar-refractivity contribution is 6.13. The minimum absolute atomic E-state index is 0.0158. The van der Waals surface area contributed by atoms with E-state index in [2.05, 4.69) is 4.98 Å². The van der Waals surface area contributed by atoms with Crippen LogP contribution in [0.2, 0.25) is 0 Å². The Morgan fingerprint density at radius 2 is 2.05 bits per heavy atom. The third kappa shape index (κ3) is 2.07. The number of hydrogen-bond acceptors (Lipinski definition) is 3. The number of carbonyl (C=O) groups is 2. The minimum atomic E-state index is -0.558. The van der Waals surface area contributed by atoms with Crippen molar-refractivity contribution in [2.24, 2.45) is 0 Å². The Labute approximate surface area is 114 Å². The van der Waals surface area contributed by atoms with Gasteiger partial charge in [0.2, 0.25) is 0 Å². The van der Waals surface area contributed by atoms with Gasteiger partial charge in [-0.1, -0.05) is 12.1 Å². The van der Waals surface area contributed by atoms with Gasteiger partial charge in [0.05, 0.1) is 17.4 Å². The van der Waals surface area contributed by atoms with Gasteiger partial charge in [-0.15, -0.1) is 0 Å². The zero-order valence-corrected chi connectivity index (χ0v) is 10.5. The number of halogens is 1. The fourth-order valence-corrected chi connectivity index (χ4v) is 2.31. The van der Waals surface area contributed by atoms with Crippen LogP contribution in [0.3, 0.4) is 0 Å². The number of anilines is 1. The molecule has 4 nitrogen and oxygen atoms in total. The Morgan fingerprint density at radius 3 is 2.85 bits per heavy atom. The summed E-state index contributed by atoms with van der Waals surface area (Å²) in [6.45, 7) is 0.297. The van der Waals surface area contributed by atoms with Crippen LogP contribution in [0, 0.1) is 5.82 Å². The Hall–Kier alpha value is -2.56. The highest BCUT2D eigenvalue weighted by atomic mass is 19.1. The van der Waals surface area contributed by atoms with Crippen LogP contribution in [0.4, 0.5) is 10.1 Å². The summed E-state index contributed by atoms with van der Waals surface area (Å²) < 4.78 is 13.2. The number of aromatic nitrogens is 1. The lowest BCUT2D eigenvalue weighted by atomic mass is 10.00. The Bertz CT molecular complexity index is 700. The summed E-state index contributed by atoms with van der Waals surface area (Å²) in [4.78, 5) is 29.4. The summed E-state index contributed by atoms with van der Waals surface area (Å²) in [6.07, 6.45) is 2.64. The summed E-state index contributed by atoms with van der Waals surface area (Å²) in [5.41, 5.74) is 1.27. The van der Waals surface area contributed by atoms with Gasteiger partial charge in [0.25, 0.3) is 5.91 Å². The predicted octanol–water partition coefficient (Wildman–Crippen LogP) is 2.45. The van der Waals surface area contributed by atoms with Gasteiger partial charge >= 0.3 is 0 Å². The Balaban J connectivity index is 2.01. The fraction of sp³-hybridized carbons (Fsp3) is 0.133. The molecule has 0 bridgehead atoms. The van der Waals surface area contributed by atoms with Crippen LogP contribution in [0.1, 0.15) is 27.1 Å². The Morgan fingerprint density at radius 1 is 1.25 bits per heavy atom. The summed E-state index contributed by atoms with van der Waals surface area (Å²) in [5, 5.41) is 0. The highest BCUT2D eigenvalue weighted by Crippen LogP contribution is 2.28. The van der Waals surface area contributed by atoms with Crippen LogP contribution >= 0.6 is 0 Å². The molecule has 1 aromatic heterocycles. The third-order valence-corrected chi connectivity index (χ3v) is 3.25.